The maximum Gasteiger partial charge on any atom is 0.0739 e. The summed E-state index contributed by atoms with van der Waals surface area (Å²) in [5.74, 6) is 0. The summed E-state index contributed by atoms with van der Waals surface area (Å²) >= 11 is 12.1. The van der Waals surface area contributed by atoms with E-state index in [1.54, 1.807) is 6.07 Å². The van der Waals surface area contributed by atoms with E-state index in [4.69, 9.17) is 23.2 Å². The van der Waals surface area contributed by atoms with E-state index >= 15 is 0 Å². The number of benzene rings is 1. The number of rotatable bonds is 2. The van der Waals surface area contributed by atoms with Crippen molar-refractivity contribution in [2.24, 2.45) is 5.41 Å². The van der Waals surface area contributed by atoms with Gasteiger partial charge in [0.15, 0.2) is 0 Å². The van der Waals surface area contributed by atoms with Crippen molar-refractivity contribution in [2.75, 3.05) is 0 Å². The molecule has 1 aliphatic carbocycles. The van der Waals surface area contributed by atoms with Gasteiger partial charge in [0.1, 0.15) is 0 Å². The van der Waals surface area contributed by atoms with Crippen LogP contribution in [0.15, 0.2) is 18.2 Å². The van der Waals surface area contributed by atoms with E-state index in [2.05, 4.69) is 13.8 Å². The molecule has 1 aliphatic rings. The zero-order valence-corrected chi connectivity index (χ0v) is 12.5. The van der Waals surface area contributed by atoms with Crippen molar-refractivity contribution in [3.8, 4) is 0 Å². The Hall–Kier alpha value is -0.240. The topological polar surface area (TPSA) is 20.2 Å². The molecule has 1 aromatic rings. The van der Waals surface area contributed by atoms with Crippen molar-refractivity contribution in [2.45, 2.75) is 51.6 Å². The second kappa shape index (κ2) is 5.03. The average Bonchev–Trinajstić information content (AvgIpc) is 2.27. The fourth-order valence-corrected chi connectivity index (χ4v) is 3.34. The first-order valence-electron chi connectivity index (χ1n) is 6.50. The van der Waals surface area contributed by atoms with E-state index in [0.29, 0.717) is 16.5 Å². The van der Waals surface area contributed by atoms with Gasteiger partial charge >= 0.3 is 0 Å². The van der Waals surface area contributed by atoms with Crippen molar-refractivity contribution >= 4 is 23.2 Å². The lowest BCUT2D eigenvalue weighted by Gasteiger charge is -2.47. The van der Waals surface area contributed by atoms with Gasteiger partial charge in [-0.15, -0.1) is 0 Å². The zero-order chi connectivity index (χ0) is 13.4. The van der Waals surface area contributed by atoms with Crippen molar-refractivity contribution in [1.82, 2.24) is 0 Å². The highest BCUT2D eigenvalue weighted by molar-refractivity contribution is 6.35. The Balaban J connectivity index is 2.26. The minimum atomic E-state index is -0.664. The number of hydrogen-bond donors (Lipinski definition) is 1. The third-order valence-corrected chi connectivity index (χ3v) is 4.99. The van der Waals surface area contributed by atoms with E-state index in [9.17, 15) is 5.11 Å². The monoisotopic (exact) mass is 286 g/mol. The molecule has 0 heterocycles. The van der Waals surface area contributed by atoms with Crippen LogP contribution in [0.1, 0.15) is 45.1 Å². The minimum absolute atomic E-state index is 0.0613. The lowest BCUT2D eigenvalue weighted by molar-refractivity contribution is -0.0958. The molecule has 3 heteroatoms. The molecule has 1 fully saturated rings. The Bertz CT molecular complexity index is 442. The van der Waals surface area contributed by atoms with Crippen LogP contribution in [0.2, 0.25) is 10.0 Å². The van der Waals surface area contributed by atoms with Gasteiger partial charge in [-0.3, -0.25) is 0 Å². The second-order valence-electron chi connectivity index (χ2n) is 6.04. The summed E-state index contributed by atoms with van der Waals surface area (Å²) in [4.78, 5) is 0. The molecule has 2 rings (SSSR count). The quantitative estimate of drug-likeness (QED) is 0.823. The minimum Gasteiger partial charge on any atom is -0.389 e. The number of hydrogen-bond acceptors (Lipinski definition) is 1. The molecule has 0 saturated heterocycles. The summed E-state index contributed by atoms with van der Waals surface area (Å²) in [5, 5.41) is 12.2. The number of aliphatic hydroxyl groups is 1. The van der Waals surface area contributed by atoms with Crippen LogP contribution in [0.5, 0.6) is 0 Å². The van der Waals surface area contributed by atoms with Gasteiger partial charge in [0.05, 0.1) is 5.60 Å². The maximum atomic E-state index is 11.0. The molecular formula is C15H20Cl2O. The van der Waals surface area contributed by atoms with Gasteiger partial charge in [-0.05, 0) is 36.0 Å². The first-order chi connectivity index (χ1) is 8.34. The molecule has 0 spiro atoms. The van der Waals surface area contributed by atoms with Crippen LogP contribution in [0.4, 0.5) is 0 Å². The van der Waals surface area contributed by atoms with Gasteiger partial charge in [-0.25, -0.2) is 0 Å². The van der Waals surface area contributed by atoms with Crippen LogP contribution in [0, 0.1) is 5.41 Å². The Morgan fingerprint density at radius 3 is 2.44 bits per heavy atom. The predicted molar refractivity (Wildman–Crippen MR) is 77.4 cm³/mol. The summed E-state index contributed by atoms with van der Waals surface area (Å²) in [6.45, 7) is 4.30. The van der Waals surface area contributed by atoms with Crippen molar-refractivity contribution in [1.29, 1.82) is 0 Å². The Kier molecular flexibility index (Phi) is 3.96. The van der Waals surface area contributed by atoms with Crippen LogP contribution >= 0.6 is 23.2 Å². The summed E-state index contributed by atoms with van der Waals surface area (Å²) < 4.78 is 0. The summed E-state index contributed by atoms with van der Waals surface area (Å²) in [7, 11) is 0. The highest BCUT2D eigenvalue weighted by atomic mass is 35.5. The van der Waals surface area contributed by atoms with Gasteiger partial charge in [-0.1, -0.05) is 56.0 Å². The molecule has 1 atom stereocenters. The summed E-state index contributed by atoms with van der Waals surface area (Å²) in [6.07, 6.45) is 4.80. The van der Waals surface area contributed by atoms with Gasteiger partial charge < -0.3 is 5.11 Å². The zero-order valence-electron chi connectivity index (χ0n) is 11.0. The van der Waals surface area contributed by atoms with Crippen molar-refractivity contribution < 1.29 is 5.11 Å². The number of halogens is 2. The second-order valence-corrected chi connectivity index (χ2v) is 6.88. The largest absolute Gasteiger partial charge is 0.389 e. The molecule has 1 unspecified atom stereocenters. The van der Waals surface area contributed by atoms with Crippen LogP contribution in [0.25, 0.3) is 0 Å². The third kappa shape index (κ3) is 2.68. The van der Waals surface area contributed by atoms with E-state index in [0.717, 1.165) is 24.8 Å². The van der Waals surface area contributed by atoms with E-state index < -0.39 is 5.60 Å². The molecule has 0 radical (unpaired) electrons. The summed E-state index contributed by atoms with van der Waals surface area (Å²) in [6, 6.07) is 5.51. The van der Waals surface area contributed by atoms with Crippen LogP contribution in [-0.4, -0.2) is 10.7 Å². The lowest BCUT2D eigenvalue weighted by atomic mass is 9.63. The lowest BCUT2D eigenvalue weighted by Crippen LogP contribution is -2.48. The molecule has 18 heavy (non-hydrogen) atoms. The molecule has 1 aromatic carbocycles. The molecular weight excluding hydrogens is 267 g/mol. The fourth-order valence-electron chi connectivity index (χ4n) is 2.86. The highest BCUT2D eigenvalue weighted by Gasteiger charge is 2.45. The fraction of sp³-hybridized carbons (Fsp3) is 0.600. The molecule has 0 amide bonds. The Morgan fingerprint density at radius 1 is 1.17 bits per heavy atom. The standard InChI is InChI=1S/C15H20Cl2O/c1-14(2)7-3-4-8-15(14,18)10-11-5-6-12(16)9-13(11)17/h5-6,9,18H,3-4,7-8,10H2,1-2H3. The van der Waals surface area contributed by atoms with Crippen molar-refractivity contribution in [3.63, 3.8) is 0 Å². The normalized spacial score (nSPS) is 27.2. The molecule has 1 N–H and O–H groups in total. The van der Waals surface area contributed by atoms with Gasteiger partial charge in [0.25, 0.3) is 0 Å². The van der Waals surface area contributed by atoms with Crippen LogP contribution in [-0.2, 0) is 6.42 Å². The molecule has 0 aromatic heterocycles. The Labute approximate surface area is 119 Å². The van der Waals surface area contributed by atoms with Crippen LogP contribution in [0.3, 0.4) is 0 Å². The SMILES string of the molecule is CC1(C)CCCCC1(O)Cc1ccc(Cl)cc1Cl. The molecule has 100 valence electrons. The smallest absolute Gasteiger partial charge is 0.0739 e. The van der Waals surface area contributed by atoms with Crippen LogP contribution < -0.4 is 0 Å². The van der Waals surface area contributed by atoms with Gasteiger partial charge in [-0.2, -0.15) is 0 Å². The molecule has 1 saturated carbocycles. The van der Waals surface area contributed by atoms with Gasteiger partial charge in [0.2, 0.25) is 0 Å². The molecule has 1 nitrogen and oxygen atoms in total. The molecule has 0 aliphatic heterocycles. The Morgan fingerprint density at radius 2 is 1.83 bits per heavy atom. The summed E-state index contributed by atoms with van der Waals surface area (Å²) in [5.41, 5.74) is 0.259. The first-order valence-corrected chi connectivity index (χ1v) is 7.26. The van der Waals surface area contributed by atoms with E-state index in [1.165, 1.54) is 6.42 Å². The third-order valence-electron chi connectivity index (χ3n) is 4.40. The van der Waals surface area contributed by atoms with Gasteiger partial charge in [0, 0.05) is 16.5 Å². The first kappa shape index (κ1) is 14.2. The average molecular weight is 287 g/mol. The predicted octanol–water partition coefficient (Wildman–Crippen LogP) is 4.87. The maximum absolute atomic E-state index is 11.0. The van der Waals surface area contributed by atoms with Crippen molar-refractivity contribution in [3.05, 3.63) is 33.8 Å². The molecule has 0 bridgehead atoms. The highest BCUT2D eigenvalue weighted by Crippen LogP contribution is 2.46. The van der Waals surface area contributed by atoms with E-state index in [1.807, 2.05) is 12.1 Å². The van der Waals surface area contributed by atoms with E-state index in [-0.39, 0.29) is 5.41 Å².